The smallest absolute Gasteiger partial charge is 0.251 e. The third-order valence-electron chi connectivity index (χ3n) is 3.34. The van der Waals surface area contributed by atoms with E-state index in [1.54, 1.807) is 0 Å². The van der Waals surface area contributed by atoms with E-state index < -0.39 is 0 Å². The molecule has 0 aliphatic rings. The third-order valence-corrected chi connectivity index (χ3v) is 3.34. The van der Waals surface area contributed by atoms with Gasteiger partial charge in [0.1, 0.15) is 0 Å². The van der Waals surface area contributed by atoms with Crippen LogP contribution in [0.15, 0.2) is 24.3 Å². The Labute approximate surface area is 123 Å². The van der Waals surface area contributed by atoms with Crippen LogP contribution >= 0.6 is 0 Å². The summed E-state index contributed by atoms with van der Waals surface area (Å²) < 4.78 is 0. The fourth-order valence-electron chi connectivity index (χ4n) is 2.13. The summed E-state index contributed by atoms with van der Waals surface area (Å²) in [5, 5.41) is 6.44. The molecule has 0 fully saturated rings. The van der Waals surface area contributed by atoms with Gasteiger partial charge < -0.3 is 10.6 Å². The normalized spacial score (nSPS) is 12.2. The monoisotopic (exact) mass is 276 g/mol. The summed E-state index contributed by atoms with van der Waals surface area (Å²) in [7, 11) is 0. The average molecular weight is 276 g/mol. The van der Waals surface area contributed by atoms with Gasteiger partial charge in [0, 0.05) is 23.3 Å². The average Bonchev–Trinajstić information content (AvgIpc) is 2.43. The summed E-state index contributed by atoms with van der Waals surface area (Å²) in [6.45, 7) is 8.35. The molecule has 3 nitrogen and oxygen atoms in total. The van der Waals surface area contributed by atoms with Crippen LogP contribution in [0.3, 0.4) is 0 Å². The number of hydrogen-bond donors (Lipinski definition) is 2. The van der Waals surface area contributed by atoms with E-state index in [1.165, 1.54) is 19.3 Å². The van der Waals surface area contributed by atoms with Gasteiger partial charge in [0.25, 0.3) is 5.91 Å². The number of anilines is 1. The quantitative estimate of drug-likeness (QED) is 0.747. The first kappa shape index (κ1) is 16.5. The first-order valence-electron chi connectivity index (χ1n) is 7.74. The molecule has 0 heterocycles. The zero-order valence-electron chi connectivity index (χ0n) is 13.2. The van der Waals surface area contributed by atoms with Crippen LogP contribution in [0.1, 0.15) is 63.7 Å². The second-order valence-corrected chi connectivity index (χ2v) is 5.60. The van der Waals surface area contributed by atoms with E-state index in [-0.39, 0.29) is 11.9 Å². The molecule has 112 valence electrons. The van der Waals surface area contributed by atoms with Gasteiger partial charge in [-0.05, 0) is 51.0 Å². The number of amides is 1. The van der Waals surface area contributed by atoms with Gasteiger partial charge in [-0.15, -0.1) is 0 Å². The molecular weight excluding hydrogens is 248 g/mol. The van der Waals surface area contributed by atoms with E-state index in [4.69, 9.17) is 0 Å². The molecule has 1 atom stereocenters. The maximum absolute atomic E-state index is 11.9. The Morgan fingerprint density at radius 3 is 2.30 bits per heavy atom. The van der Waals surface area contributed by atoms with Crippen LogP contribution in [0.5, 0.6) is 0 Å². The molecule has 1 rings (SSSR count). The highest BCUT2D eigenvalue weighted by Gasteiger charge is 2.08. The minimum atomic E-state index is -0.00965. The Morgan fingerprint density at radius 2 is 1.80 bits per heavy atom. The van der Waals surface area contributed by atoms with Crippen molar-refractivity contribution >= 4 is 11.6 Å². The van der Waals surface area contributed by atoms with E-state index in [2.05, 4.69) is 24.5 Å². The van der Waals surface area contributed by atoms with E-state index in [9.17, 15) is 4.79 Å². The summed E-state index contributed by atoms with van der Waals surface area (Å²) in [4.78, 5) is 11.9. The van der Waals surface area contributed by atoms with Crippen LogP contribution in [0, 0.1) is 0 Å². The fraction of sp³-hybridized carbons (Fsp3) is 0.588. The third kappa shape index (κ3) is 5.64. The maximum atomic E-state index is 11.9. The standard InChI is InChI=1S/C17H28N2O/c1-5-7-8-15(6-2)19-16-11-9-14(10-12-16)17(20)18-13(3)4/h9-13,15,19H,5-8H2,1-4H3,(H,18,20). The minimum absolute atomic E-state index is 0.00965. The molecule has 1 aromatic rings. The number of carbonyl (C=O) groups excluding carboxylic acids is 1. The minimum Gasteiger partial charge on any atom is -0.382 e. The van der Waals surface area contributed by atoms with E-state index in [0.29, 0.717) is 11.6 Å². The van der Waals surface area contributed by atoms with E-state index in [1.807, 2.05) is 38.1 Å². The van der Waals surface area contributed by atoms with Crippen molar-refractivity contribution in [2.24, 2.45) is 0 Å². The molecule has 1 amide bonds. The van der Waals surface area contributed by atoms with Gasteiger partial charge in [-0.25, -0.2) is 0 Å². The molecule has 0 aliphatic carbocycles. The van der Waals surface area contributed by atoms with Crippen LogP contribution in [0.2, 0.25) is 0 Å². The fourth-order valence-corrected chi connectivity index (χ4v) is 2.13. The van der Waals surface area contributed by atoms with Crippen LogP contribution in [-0.2, 0) is 0 Å². The van der Waals surface area contributed by atoms with Gasteiger partial charge in [-0.1, -0.05) is 26.7 Å². The lowest BCUT2D eigenvalue weighted by Gasteiger charge is -2.18. The van der Waals surface area contributed by atoms with Crippen molar-refractivity contribution < 1.29 is 4.79 Å². The lowest BCUT2D eigenvalue weighted by atomic mass is 10.1. The number of rotatable bonds is 8. The van der Waals surface area contributed by atoms with Crippen LogP contribution in [-0.4, -0.2) is 18.0 Å². The highest BCUT2D eigenvalue weighted by atomic mass is 16.1. The molecular formula is C17H28N2O. The van der Waals surface area contributed by atoms with Crippen molar-refractivity contribution in [2.75, 3.05) is 5.32 Å². The molecule has 3 heteroatoms. The molecule has 0 radical (unpaired) electrons. The number of unbranched alkanes of at least 4 members (excludes halogenated alkanes) is 1. The predicted octanol–water partition coefficient (Wildman–Crippen LogP) is 4.21. The molecule has 20 heavy (non-hydrogen) atoms. The van der Waals surface area contributed by atoms with Crippen molar-refractivity contribution in [1.29, 1.82) is 0 Å². The second-order valence-electron chi connectivity index (χ2n) is 5.60. The number of benzene rings is 1. The lowest BCUT2D eigenvalue weighted by Crippen LogP contribution is -2.30. The topological polar surface area (TPSA) is 41.1 Å². The summed E-state index contributed by atoms with van der Waals surface area (Å²) in [6.07, 6.45) is 4.80. The Kier molecular flexibility index (Phi) is 7.13. The summed E-state index contributed by atoms with van der Waals surface area (Å²) in [5.74, 6) is -0.00965. The van der Waals surface area contributed by atoms with Crippen molar-refractivity contribution in [3.63, 3.8) is 0 Å². The summed E-state index contributed by atoms with van der Waals surface area (Å²) >= 11 is 0. The molecule has 0 saturated carbocycles. The first-order chi connectivity index (χ1) is 9.56. The number of hydrogen-bond acceptors (Lipinski definition) is 2. The SMILES string of the molecule is CCCCC(CC)Nc1ccc(C(=O)NC(C)C)cc1. The second kappa shape index (κ2) is 8.62. The molecule has 0 bridgehead atoms. The molecule has 1 aromatic carbocycles. The van der Waals surface area contributed by atoms with E-state index >= 15 is 0 Å². The Bertz CT molecular complexity index is 398. The van der Waals surface area contributed by atoms with Crippen LogP contribution in [0.4, 0.5) is 5.69 Å². The molecule has 0 aromatic heterocycles. The Balaban J connectivity index is 2.59. The largest absolute Gasteiger partial charge is 0.382 e. The van der Waals surface area contributed by atoms with Crippen LogP contribution < -0.4 is 10.6 Å². The van der Waals surface area contributed by atoms with Gasteiger partial charge in [-0.3, -0.25) is 4.79 Å². The van der Waals surface area contributed by atoms with Crippen molar-refractivity contribution in [3.8, 4) is 0 Å². The zero-order chi connectivity index (χ0) is 15.0. The Morgan fingerprint density at radius 1 is 1.15 bits per heavy atom. The van der Waals surface area contributed by atoms with Crippen molar-refractivity contribution in [1.82, 2.24) is 5.32 Å². The van der Waals surface area contributed by atoms with Crippen molar-refractivity contribution in [2.45, 2.75) is 65.5 Å². The number of nitrogens with one attached hydrogen (secondary N) is 2. The predicted molar refractivity (Wildman–Crippen MR) is 86.3 cm³/mol. The van der Waals surface area contributed by atoms with Gasteiger partial charge in [0.05, 0.1) is 0 Å². The maximum Gasteiger partial charge on any atom is 0.251 e. The highest BCUT2D eigenvalue weighted by molar-refractivity contribution is 5.94. The lowest BCUT2D eigenvalue weighted by molar-refractivity contribution is 0.0943. The van der Waals surface area contributed by atoms with Gasteiger partial charge >= 0.3 is 0 Å². The molecule has 0 aliphatic heterocycles. The zero-order valence-corrected chi connectivity index (χ0v) is 13.2. The number of carbonyl (C=O) groups is 1. The Hall–Kier alpha value is -1.51. The van der Waals surface area contributed by atoms with Gasteiger partial charge in [-0.2, -0.15) is 0 Å². The molecule has 0 saturated heterocycles. The summed E-state index contributed by atoms with van der Waals surface area (Å²) in [5.41, 5.74) is 1.81. The highest BCUT2D eigenvalue weighted by Crippen LogP contribution is 2.15. The van der Waals surface area contributed by atoms with E-state index in [0.717, 1.165) is 12.1 Å². The summed E-state index contributed by atoms with van der Waals surface area (Å²) in [6, 6.07) is 8.43. The molecule has 2 N–H and O–H groups in total. The van der Waals surface area contributed by atoms with Gasteiger partial charge in [0.15, 0.2) is 0 Å². The van der Waals surface area contributed by atoms with Crippen LogP contribution in [0.25, 0.3) is 0 Å². The van der Waals surface area contributed by atoms with Crippen molar-refractivity contribution in [3.05, 3.63) is 29.8 Å². The first-order valence-corrected chi connectivity index (χ1v) is 7.74. The molecule has 1 unspecified atom stereocenters. The molecule has 0 spiro atoms. The van der Waals surface area contributed by atoms with Gasteiger partial charge in [0.2, 0.25) is 0 Å².